The lowest BCUT2D eigenvalue weighted by Crippen LogP contribution is -2.31. The smallest absolute Gasteiger partial charge is 0.387 e. The molecule has 174 valence electrons. The van der Waals surface area contributed by atoms with Gasteiger partial charge in [-0.05, 0) is 11.6 Å². The first-order valence-electron chi connectivity index (χ1n) is 7.83. The summed E-state index contributed by atoms with van der Waals surface area (Å²) in [4.78, 5) is 47.4. The van der Waals surface area contributed by atoms with E-state index in [0.29, 0.717) is 0 Å². The average molecular weight is 528 g/mol. The highest BCUT2D eigenvalue weighted by molar-refractivity contribution is 8.27. The topological polar surface area (TPSA) is 250 Å². The number of halogens is 2. The molecule has 0 radical (unpaired) electrons. The van der Waals surface area contributed by atoms with Gasteiger partial charge in [0, 0.05) is 0 Å². The number of ether oxygens (including phenoxy) is 1. The predicted molar refractivity (Wildman–Crippen MR) is 98.3 cm³/mol. The van der Waals surface area contributed by atoms with Crippen molar-refractivity contribution in [1.29, 1.82) is 0 Å². The molecule has 21 heteroatoms. The minimum atomic E-state index is -5.88. The standard InChI is InChI=1S/C10H14ClFN5O11P3/c11-10-15-7(13)5-8(16-10)17(2-14-5)9-4(12)6(18)3(27-9)1-26-30(22,23)31(24,25)28-29(19,20)21/h2-4,6,9,18H,1H2,(H,22,23)(H,24,25)(H2,13,15,16)(H2,19,20,21)/t3-,4+,6-,9-/m1/s1. The molecule has 2 unspecified atom stereocenters. The molecule has 0 bridgehead atoms. The van der Waals surface area contributed by atoms with Gasteiger partial charge in [0.1, 0.15) is 17.7 Å². The third-order valence-electron chi connectivity index (χ3n) is 3.93. The number of phosphoric acid groups is 1. The van der Waals surface area contributed by atoms with E-state index in [-0.39, 0.29) is 22.3 Å². The van der Waals surface area contributed by atoms with E-state index >= 15 is 0 Å². The van der Waals surface area contributed by atoms with E-state index in [9.17, 15) is 33.0 Å². The van der Waals surface area contributed by atoms with Gasteiger partial charge in [0.15, 0.2) is 23.9 Å². The molecule has 0 aromatic carbocycles. The second kappa shape index (κ2) is 8.37. The summed E-state index contributed by atoms with van der Waals surface area (Å²) in [6.07, 6.45) is -6.32. The number of alkyl halides is 1. The van der Waals surface area contributed by atoms with Crippen LogP contribution in [0.3, 0.4) is 0 Å². The van der Waals surface area contributed by atoms with Crippen LogP contribution in [0.1, 0.15) is 6.23 Å². The van der Waals surface area contributed by atoms with Gasteiger partial charge in [0.25, 0.3) is 0 Å². The molecule has 1 aliphatic heterocycles. The fourth-order valence-corrected chi connectivity index (χ4v) is 7.05. The molecule has 1 saturated heterocycles. The number of aliphatic hydroxyl groups is 1. The van der Waals surface area contributed by atoms with Crippen LogP contribution in [0.5, 0.6) is 0 Å². The largest absolute Gasteiger partial charge is 0.477 e. The Labute approximate surface area is 176 Å². The Kier molecular flexibility index (Phi) is 6.64. The maximum Gasteiger partial charge on any atom is 0.477 e. The van der Waals surface area contributed by atoms with E-state index < -0.39 is 53.6 Å². The van der Waals surface area contributed by atoms with Gasteiger partial charge in [-0.25, -0.2) is 23.1 Å². The molecular weight excluding hydrogens is 514 g/mol. The van der Waals surface area contributed by atoms with E-state index in [2.05, 4.69) is 23.8 Å². The summed E-state index contributed by atoms with van der Waals surface area (Å²) >= 11 is 5.72. The van der Waals surface area contributed by atoms with Crippen molar-refractivity contribution >= 4 is 51.0 Å². The normalized spacial score (nSPS) is 28.5. The Morgan fingerprint density at radius 1 is 1.23 bits per heavy atom. The van der Waals surface area contributed by atoms with E-state index in [1.54, 1.807) is 0 Å². The molecule has 0 aliphatic carbocycles. The van der Waals surface area contributed by atoms with Crippen LogP contribution in [0.2, 0.25) is 5.28 Å². The lowest BCUT2D eigenvalue weighted by molar-refractivity contribution is -0.0421. The fraction of sp³-hybridized carbons (Fsp3) is 0.500. The Morgan fingerprint density at radius 2 is 1.87 bits per heavy atom. The molecule has 6 atom stereocenters. The lowest BCUT2D eigenvalue weighted by Gasteiger charge is -2.20. The van der Waals surface area contributed by atoms with E-state index in [4.69, 9.17) is 31.9 Å². The second-order valence-electron chi connectivity index (χ2n) is 6.05. The van der Waals surface area contributed by atoms with E-state index in [0.717, 1.165) is 10.9 Å². The molecule has 0 spiro atoms. The van der Waals surface area contributed by atoms with Gasteiger partial charge < -0.3 is 35.2 Å². The van der Waals surface area contributed by atoms with Gasteiger partial charge in [-0.15, -0.1) is 0 Å². The average Bonchev–Trinajstić information content (AvgIpc) is 3.13. The zero-order valence-electron chi connectivity index (χ0n) is 14.7. The minimum Gasteiger partial charge on any atom is -0.387 e. The summed E-state index contributed by atoms with van der Waals surface area (Å²) in [5.74, 6) is -0.118. The van der Waals surface area contributed by atoms with Crippen molar-refractivity contribution in [2.24, 2.45) is 0 Å². The fourth-order valence-electron chi connectivity index (χ4n) is 2.59. The number of hydrogen-bond donors (Lipinski definition) is 6. The van der Waals surface area contributed by atoms with Crippen molar-refractivity contribution in [2.75, 3.05) is 12.3 Å². The van der Waals surface area contributed by atoms with Gasteiger partial charge in [-0.1, -0.05) is 0 Å². The molecule has 7 N–H and O–H groups in total. The van der Waals surface area contributed by atoms with Crippen LogP contribution >= 0.6 is 34.0 Å². The number of anilines is 1. The SMILES string of the molecule is Nc1nc(Cl)nc2c1ncn2[C@@H]1O[C@H](COP(=O)(O)P(=O)(O)OP(=O)(O)O)[C@@H](O)[C@@H]1F. The summed E-state index contributed by atoms with van der Waals surface area (Å²) in [5.41, 5.74) is 5.64. The zero-order chi connectivity index (χ0) is 23.4. The number of imidazole rings is 1. The van der Waals surface area contributed by atoms with Crippen molar-refractivity contribution < 1.29 is 56.3 Å². The van der Waals surface area contributed by atoms with Gasteiger partial charge >= 0.3 is 22.4 Å². The van der Waals surface area contributed by atoms with Crippen molar-refractivity contribution in [3.8, 4) is 0 Å². The number of aromatic nitrogens is 4. The number of rotatable bonds is 7. The van der Waals surface area contributed by atoms with Crippen molar-refractivity contribution in [3.63, 3.8) is 0 Å². The molecule has 2 aromatic heterocycles. The first-order chi connectivity index (χ1) is 14.1. The number of nitrogen functional groups attached to an aromatic ring is 1. The molecule has 3 rings (SSSR count). The summed E-state index contributed by atoms with van der Waals surface area (Å²) < 4.78 is 62.9. The van der Waals surface area contributed by atoms with Gasteiger partial charge in [-0.2, -0.15) is 14.3 Å². The molecule has 0 saturated carbocycles. The predicted octanol–water partition coefficient (Wildman–Crippen LogP) is 0.0700. The molecule has 2 aromatic rings. The molecule has 16 nitrogen and oxygen atoms in total. The molecule has 3 heterocycles. The highest BCUT2D eigenvalue weighted by atomic mass is 35.5. The summed E-state index contributed by atoms with van der Waals surface area (Å²) in [6.45, 7) is -1.13. The summed E-state index contributed by atoms with van der Waals surface area (Å²) in [6, 6.07) is 0. The van der Waals surface area contributed by atoms with Crippen LogP contribution in [0.15, 0.2) is 6.33 Å². The number of nitrogens with zero attached hydrogens (tertiary/aromatic N) is 4. The third kappa shape index (κ3) is 4.98. The number of aliphatic hydroxyl groups excluding tert-OH is 1. The maximum absolute atomic E-state index is 14.6. The van der Waals surface area contributed by atoms with E-state index in [1.807, 2.05) is 0 Å². The summed E-state index contributed by atoms with van der Waals surface area (Å²) in [5, 5.41) is 9.75. The van der Waals surface area contributed by atoms with Crippen molar-refractivity contribution in [3.05, 3.63) is 11.6 Å². The maximum atomic E-state index is 14.6. The number of nitrogens with two attached hydrogens (primary N) is 1. The van der Waals surface area contributed by atoms with Gasteiger partial charge in [-0.3, -0.25) is 9.09 Å². The zero-order valence-corrected chi connectivity index (χ0v) is 18.2. The molecule has 0 amide bonds. The van der Waals surface area contributed by atoms with Crippen molar-refractivity contribution in [1.82, 2.24) is 19.5 Å². The number of hydrogen-bond acceptors (Lipinski definition) is 11. The lowest BCUT2D eigenvalue weighted by atomic mass is 10.1. The first kappa shape index (κ1) is 24.6. The van der Waals surface area contributed by atoms with E-state index in [1.165, 1.54) is 0 Å². The highest BCUT2D eigenvalue weighted by Gasteiger charge is 2.52. The summed E-state index contributed by atoms with van der Waals surface area (Å²) in [7, 11) is -17.2. The Balaban J connectivity index is 1.78. The molecule has 31 heavy (non-hydrogen) atoms. The van der Waals surface area contributed by atoms with Crippen LogP contribution in [-0.2, 0) is 27.3 Å². The first-order valence-corrected chi connectivity index (χ1v) is 13.6. The Morgan fingerprint density at radius 3 is 2.48 bits per heavy atom. The van der Waals surface area contributed by atoms with Crippen LogP contribution < -0.4 is 5.73 Å². The van der Waals surface area contributed by atoms with Crippen molar-refractivity contribution in [2.45, 2.75) is 24.6 Å². The molecule has 1 fully saturated rings. The van der Waals surface area contributed by atoms with Crippen LogP contribution in [0, 0.1) is 0 Å². The molecule has 1 aliphatic rings. The third-order valence-corrected chi connectivity index (χ3v) is 9.84. The van der Waals surface area contributed by atoms with Gasteiger partial charge in [0.05, 0.1) is 12.9 Å². The van der Waals surface area contributed by atoms with Crippen LogP contribution in [0.25, 0.3) is 11.2 Å². The Bertz CT molecular complexity index is 1140. The van der Waals surface area contributed by atoms with Crippen LogP contribution in [0.4, 0.5) is 10.2 Å². The monoisotopic (exact) mass is 527 g/mol. The second-order valence-corrected chi connectivity index (χ2v) is 13.3. The number of fused-ring (bicyclic) bond motifs is 1. The highest BCUT2D eigenvalue weighted by Crippen LogP contribution is 2.81. The van der Waals surface area contributed by atoms with Gasteiger partial charge in [0.2, 0.25) is 5.28 Å². The quantitative estimate of drug-likeness (QED) is 0.206. The Hall–Kier alpha value is -1.06. The minimum absolute atomic E-state index is 0.0463. The molecular formula is C10H14ClFN5O11P3. The van der Waals surface area contributed by atoms with Crippen LogP contribution in [-0.4, -0.2) is 69.2 Å².